The van der Waals surface area contributed by atoms with E-state index in [-0.39, 0.29) is 11.4 Å². The van der Waals surface area contributed by atoms with Crippen LogP contribution in [0.25, 0.3) is 0 Å². The van der Waals surface area contributed by atoms with Gasteiger partial charge in [-0.25, -0.2) is 5.84 Å². The zero-order valence-electron chi connectivity index (χ0n) is 10.5. The Bertz CT molecular complexity index is 635. The Labute approximate surface area is 125 Å². The van der Waals surface area contributed by atoms with Crippen LogP contribution in [0.5, 0.6) is 0 Å². The number of carbonyl (C=O) groups excluding carboxylic acids is 1. The summed E-state index contributed by atoms with van der Waals surface area (Å²) in [6.07, 6.45) is 1.34. The average Bonchev–Trinajstić information content (AvgIpc) is 2.98. The molecule has 0 unspecified atom stereocenters. The molecule has 1 heterocycles. The monoisotopic (exact) mass is 305 g/mol. The van der Waals surface area contributed by atoms with Crippen LogP contribution in [0.15, 0.2) is 59.0 Å². The Kier molecular flexibility index (Phi) is 4.68. The number of thiophene rings is 1. The third-order valence-electron chi connectivity index (χ3n) is 2.47. The first-order valence-electron chi connectivity index (χ1n) is 5.69. The Morgan fingerprint density at radius 3 is 2.65 bits per heavy atom. The second kappa shape index (κ2) is 6.47. The Hall–Kier alpha value is -1.95. The SMILES string of the molecule is C=C(/C=N\N(N)c1ccc(Cl)cc1)C(=O)c1cccs1. The van der Waals surface area contributed by atoms with Crippen molar-refractivity contribution in [2.75, 3.05) is 5.12 Å². The molecule has 0 radical (unpaired) electrons. The first kappa shape index (κ1) is 14.5. The maximum absolute atomic E-state index is 11.9. The van der Waals surface area contributed by atoms with E-state index >= 15 is 0 Å². The van der Waals surface area contributed by atoms with E-state index in [0.29, 0.717) is 15.6 Å². The highest BCUT2D eigenvalue weighted by atomic mass is 35.5. The van der Waals surface area contributed by atoms with Crippen molar-refractivity contribution in [2.45, 2.75) is 0 Å². The molecule has 1 aromatic carbocycles. The van der Waals surface area contributed by atoms with Crippen LogP contribution in [0.4, 0.5) is 5.69 Å². The first-order chi connectivity index (χ1) is 9.58. The van der Waals surface area contributed by atoms with E-state index in [1.54, 1.807) is 30.3 Å². The van der Waals surface area contributed by atoms with Gasteiger partial charge in [0.05, 0.1) is 16.8 Å². The van der Waals surface area contributed by atoms with Crippen LogP contribution in [0.2, 0.25) is 5.02 Å². The van der Waals surface area contributed by atoms with Gasteiger partial charge in [-0.3, -0.25) is 4.79 Å². The fourth-order valence-electron chi connectivity index (χ4n) is 1.42. The lowest BCUT2D eigenvalue weighted by molar-refractivity contribution is 0.104. The first-order valence-corrected chi connectivity index (χ1v) is 6.95. The van der Waals surface area contributed by atoms with Gasteiger partial charge in [-0.15, -0.1) is 11.3 Å². The van der Waals surface area contributed by atoms with E-state index in [1.807, 2.05) is 11.4 Å². The number of carbonyl (C=O) groups is 1. The van der Waals surface area contributed by atoms with E-state index in [1.165, 1.54) is 17.6 Å². The summed E-state index contributed by atoms with van der Waals surface area (Å²) in [5.74, 6) is 5.60. The molecule has 1 aromatic heterocycles. The van der Waals surface area contributed by atoms with Crippen molar-refractivity contribution in [2.24, 2.45) is 10.9 Å². The summed E-state index contributed by atoms with van der Waals surface area (Å²) >= 11 is 7.15. The van der Waals surface area contributed by atoms with Crippen molar-refractivity contribution in [1.29, 1.82) is 0 Å². The van der Waals surface area contributed by atoms with Gasteiger partial charge in [0.25, 0.3) is 0 Å². The number of rotatable bonds is 5. The van der Waals surface area contributed by atoms with Crippen LogP contribution in [0, 0.1) is 0 Å². The smallest absolute Gasteiger partial charge is 0.203 e. The maximum atomic E-state index is 11.9. The lowest BCUT2D eigenvalue weighted by atomic mass is 10.2. The summed E-state index contributed by atoms with van der Waals surface area (Å²) in [5.41, 5.74) is 0.930. The van der Waals surface area contributed by atoms with Crippen LogP contribution in [-0.4, -0.2) is 12.0 Å². The fraction of sp³-hybridized carbons (Fsp3) is 0. The Morgan fingerprint density at radius 1 is 1.35 bits per heavy atom. The molecule has 0 aliphatic rings. The highest BCUT2D eigenvalue weighted by molar-refractivity contribution is 7.12. The number of hydrazone groups is 1. The van der Waals surface area contributed by atoms with Gasteiger partial charge in [0.1, 0.15) is 0 Å². The van der Waals surface area contributed by atoms with Crippen LogP contribution in [0.1, 0.15) is 9.67 Å². The summed E-state index contributed by atoms with van der Waals surface area (Å²) in [4.78, 5) is 12.6. The number of nitrogens with two attached hydrogens (primary N) is 1. The van der Waals surface area contributed by atoms with E-state index in [0.717, 1.165) is 5.12 Å². The number of hydrazine groups is 1. The lowest BCUT2D eigenvalue weighted by Crippen LogP contribution is -2.24. The molecular formula is C14H12ClN3OS. The third kappa shape index (κ3) is 3.54. The summed E-state index contributed by atoms with van der Waals surface area (Å²) in [5, 5.41) is 7.59. The predicted octanol–water partition coefficient (Wildman–Crippen LogP) is 3.51. The number of nitrogens with zero attached hydrogens (tertiary/aromatic N) is 2. The molecule has 0 fully saturated rings. The van der Waals surface area contributed by atoms with Crippen molar-refractivity contribution in [3.8, 4) is 0 Å². The molecule has 0 spiro atoms. The molecule has 4 nitrogen and oxygen atoms in total. The lowest BCUT2D eigenvalue weighted by Gasteiger charge is -2.11. The zero-order chi connectivity index (χ0) is 14.5. The van der Waals surface area contributed by atoms with Gasteiger partial charge in [0.15, 0.2) is 0 Å². The van der Waals surface area contributed by atoms with Gasteiger partial charge in [-0.05, 0) is 35.7 Å². The molecule has 0 bridgehead atoms. The predicted molar refractivity (Wildman–Crippen MR) is 84.4 cm³/mol. The van der Waals surface area contributed by atoms with Gasteiger partial charge in [0.2, 0.25) is 5.78 Å². The molecule has 0 aliphatic carbocycles. The number of hydrogen-bond donors (Lipinski definition) is 1. The minimum atomic E-state index is -0.159. The molecule has 2 rings (SSSR count). The molecule has 0 saturated heterocycles. The Morgan fingerprint density at radius 2 is 2.05 bits per heavy atom. The van der Waals surface area contributed by atoms with E-state index in [9.17, 15) is 4.79 Å². The molecule has 6 heteroatoms. The highest BCUT2D eigenvalue weighted by Gasteiger charge is 2.09. The molecule has 2 N–H and O–H groups in total. The second-order valence-corrected chi connectivity index (χ2v) is 5.28. The van der Waals surface area contributed by atoms with E-state index < -0.39 is 0 Å². The van der Waals surface area contributed by atoms with Crippen molar-refractivity contribution in [3.05, 3.63) is 63.8 Å². The summed E-state index contributed by atoms with van der Waals surface area (Å²) in [6, 6.07) is 10.4. The molecule has 102 valence electrons. The number of allylic oxidation sites excluding steroid dienone is 1. The van der Waals surface area contributed by atoms with Crippen LogP contribution < -0.4 is 11.0 Å². The molecule has 20 heavy (non-hydrogen) atoms. The third-order valence-corrected chi connectivity index (χ3v) is 3.59. The van der Waals surface area contributed by atoms with E-state index in [4.69, 9.17) is 17.4 Å². The van der Waals surface area contributed by atoms with Crippen molar-refractivity contribution >= 4 is 40.6 Å². The number of Topliss-reactive ketones (excluding diaryl/α,β-unsaturated/α-hetero) is 1. The molecule has 0 saturated carbocycles. The molecule has 2 aromatic rings. The summed E-state index contributed by atoms with van der Waals surface area (Å²) in [6.45, 7) is 3.69. The fourth-order valence-corrected chi connectivity index (χ4v) is 2.24. The van der Waals surface area contributed by atoms with Crippen molar-refractivity contribution in [3.63, 3.8) is 0 Å². The number of hydrogen-bond acceptors (Lipinski definition) is 5. The highest BCUT2D eigenvalue weighted by Crippen LogP contribution is 2.16. The van der Waals surface area contributed by atoms with E-state index in [2.05, 4.69) is 11.7 Å². The summed E-state index contributed by atoms with van der Waals surface area (Å²) < 4.78 is 0. The molecular weight excluding hydrogens is 294 g/mol. The van der Waals surface area contributed by atoms with Crippen molar-refractivity contribution < 1.29 is 4.79 Å². The van der Waals surface area contributed by atoms with Gasteiger partial charge >= 0.3 is 0 Å². The molecule has 0 aliphatic heterocycles. The number of halogens is 1. The quantitative estimate of drug-likeness (QED) is 0.302. The molecule has 0 atom stereocenters. The largest absolute Gasteiger partial charge is 0.288 e. The number of anilines is 1. The van der Waals surface area contributed by atoms with Crippen LogP contribution in [-0.2, 0) is 0 Å². The van der Waals surface area contributed by atoms with Gasteiger partial charge in [0, 0.05) is 10.6 Å². The second-order valence-electron chi connectivity index (χ2n) is 3.90. The minimum absolute atomic E-state index is 0.159. The Balaban J connectivity index is 2.03. The minimum Gasteiger partial charge on any atom is -0.288 e. The van der Waals surface area contributed by atoms with Gasteiger partial charge in [-0.2, -0.15) is 10.2 Å². The average molecular weight is 306 g/mol. The maximum Gasteiger partial charge on any atom is 0.203 e. The van der Waals surface area contributed by atoms with Crippen LogP contribution in [0.3, 0.4) is 0 Å². The standard InChI is InChI=1S/C14H12ClN3OS/c1-10(14(19)13-3-2-8-20-13)9-17-18(16)12-6-4-11(15)5-7-12/h2-9H,1,16H2/b17-9-. The number of benzene rings is 1. The van der Waals surface area contributed by atoms with Gasteiger partial charge < -0.3 is 0 Å². The number of ketones is 1. The topological polar surface area (TPSA) is 58.7 Å². The zero-order valence-corrected chi connectivity index (χ0v) is 12.1. The summed E-state index contributed by atoms with van der Waals surface area (Å²) in [7, 11) is 0. The molecule has 0 amide bonds. The van der Waals surface area contributed by atoms with Gasteiger partial charge in [-0.1, -0.05) is 24.2 Å². The van der Waals surface area contributed by atoms with Crippen molar-refractivity contribution in [1.82, 2.24) is 0 Å². The normalized spacial score (nSPS) is 10.7. The van der Waals surface area contributed by atoms with Crippen LogP contribution >= 0.6 is 22.9 Å².